The Kier molecular flexibility index (Phi) is 4.30. The number of rotatable bonds is 3. The topological polar surface area (TPSA) is 105 Å². The van der Waals surface area contributed by atoms with Crippen LogP contribution >= 0.6 is 11.8 Å². The summed E-state index contributed by atoms with van der Waals surface area (Å²) in [6.07, 6.45) is 1.40. The summed E-state index contributed by atoms with van der Waals surface area (Å²) in [6.45, 7) is 0. The molecule has 0 spiro atoms. The van der Waals surface area contributed by atoms with Gasteiger partial charge < -0.3 is 10.4 Å². The van der Waals surface area contributed by atoms with Gasteiger partial charge in [-0.05, 0) is 30.0 Å². The van der Waals surface area contributed by atoms with E-state index in [0.29, 0.717) is 15.8 Å². The summed E-state index contributed by atoms with van der Waals surface area (Å²) in [5.74, 6) is -0.850. The van der Waals surface area contributed by atoms with Crippen LogP contribution in [0.1, 0.15) is 5.56 Å². The van der Waals surface area contributed by atoms with E-state index in [1.165, 1.54) is 24.3 Å². The highest BCUT2D eigenvalue weighted by Gasteiger charge is 2.25. The molecule has 8 heteroatoms. The van der Waals surface area contributed by atoms with Crippen molar-refractivity contribution in [2.45, 2.75) is 0 Å². The quantitative estimate of drug-likeness (QED) is 0.507. The SMILES string of the molecule is O=C1NC(=Nc2ccccc2)S/C1=C/c1cccc([N+](=O)[O-])c1O. The van der Waals surface area contributed by atoms with E-state index in [2.05, 4.69) is 10.3 Å². The first kappa shape index (κ1) is 15.8. The largest absolute Gasteiger partial charge is 0.502 e. The van der Waals surface area contributed by atoms with Crippen molar-refractivity contribution in [3.63, 3.8) is 0 Å². The number of hydrogen-bond donors (Lipinski definition) is 2. The molecular formula is C16H11N3O4S. The molecule has 2 N–H and O–H groups in total. The van der Waals surface area contributed by atoms with Crippen LogP contribution < -0.4 is 5.32 Å². The number of phenolic OH excluding ortho intramolecular Hbond substituents is 1. The number of hydrogen-bond acceptors (Lipinski definition) is 6. The lowest BCUT2D eigenvalue weighted by atomic mass is 10.1. The number of aliphatic imine (C=N–C) groups is 1. The van der Waals surface area contributed by atoms with E-state index in [0.717, 1.165) is 11.8 Å². The van der Waals surface area contributed by atoms with E-state index in [9.17, 15) is 20.0 Å². The minimum Gasteiger partial charge on any atom is -0.502 e. The molecule has 3 rings (SSSR count). The molecule has 24 heavy (non-hydrogen) atoms. The summed E-state index contributed by atoms with van der Waals surface area (Å²) in [4.78, 5) is 26.8. The van der Waals surface area contributed by atoms with Gasteiger partial charge in [0.1, 0.15) is 0 Å². The summed E-state index contributed by atoms with van der Waals surface area (Å²) in [7, 11) is 0. The second-order valence-electron chi connectivity index (χ2n) is 4.79. The molecule has 0 saturated carbocycles. The summed E-state index contributed by atoms with van der Waals surface area (Å²) < 4.78 is 0. The Bertz CT molecular complexity index is 878. The van der Waals surface area contributed by atoms with Gasteiger partial charge in [-0.2, -0.15) is 0 Å². The minimum atomic E-state index is -0.679. The lowest BCUT2D eigenvalue weighted by Crippen LogP contribution is -2.19. The summed E-state index contributed by atoms with van der Waals surface area (Å²) in [5, 5.41) is 23.8. The Morgan fingerprint density at radius 2 is 1.92 bits per heavy atom. The van der Waals surface area contributed by atoms with Crippen molar-refractivity contribution in [3.05, 3.63) is 69.1 Å². The molecule has 2 aromatic carbocycles. The number of carbonyl (C=O) groups is 1. The maximum absolute atomic E-state index is 12.0. The van der Waals surface area contributed by atoms with E-state index in [1.54, 1.807) is 12.1 Å². The number of amidine groups is 1. The van der Waals surface area contributed by atoms with E-state index < -0.39 is 16.4 Å². The van der Waals surface area contributed by atoms with E-state index in [-0.39, 0.29) is 11.5 Å². The fraction of sp³-hybridized carbons (Fsp3) is 0. The highest BCUT2D eigenvalue weighted by Crippen LogP contribution is 2.34. The van der Waals surface area contributed by atoms with Crippen molar-refractivity contribution >= 4 is 40.3 Å². The number of nitro groups is 1. The molecule has 120 valence electrons. The maximum Gasteiger partial charge on any atom is 0.311 e. The van der Waals surface area contributed by atoms with Crippen LogP contribution in [0, 0.1) is 10.1 Å². The third kappa shape index (κ3) is 3.28. The van der Waals surface area contributed by atoms with Gasteiger partial charge >= 0.3 is 5.69 Å². The molecule has 1 fully saturated rings. The Hall–Kier alpha value is -3.13. The van der Waals surface area contributed by atoms with Crippen LogP contribution in [0.3, 0.4) is 0 Å². The summed E-state index contributed by atoms with van der Waals surface area (Å²) in [6, 6.07) is 13.3. The van der Waals surface area contributed by atoms with Gasteiger partial charge in [-0.25, -0.2) is 4.99 Å². The second kappa shape index (κ2) is 6.55. The molecule has 0 aliphatic carbocycles. The third-order valence-corrected chi connectivity index (χ3v) is 4.08. The van der Waals surface area contributed by atoms with Crippen LogP contribution in [0.2, 0.25) is 0 Å². The molecule has 0 atom stereocenters. The number of para-hydroxylation sites is 2. The number of aromatic hydroxyl groups is 1. The first-order valence-electron chi connectivity index (χ1n) is 6.85. The van der Waals surface area contributed by atoms with Gasteiger partial charge in [-0.15, -0.1) is 0 Å². The number of amides is 1. The van der Waals surface area contributed by atoms with E-state index in [4.69, 9.17) is 0 Å². The summed E-state index contributed by atoms with van der Waals surface area (Å²) in [5.41, 5.74) is 0.480. The Morgan fingerprint density at radius 3 is 2.62 bits per heavy atom. The first-order valence-corrected chi connectivity index (χ1v) is 7.67. The molecule has 2 aromatic rings. The van der Waals surface area contributed by atoms with Gasteiger partial charge in [0.05, 0.1) is 15.5 Å². The molecule has 1 amide bonds. The van der Waals surface area contributed by atoms with Crippen LogP contribution in [-0.4, -0.2) is 21.1 Å². The number of carbonyl (C=O) groups excluding carboxylic acids is 1. The highest BCUT2D eigenvalue weighted by atomic mass is 32.2. The third-order valence-electron chi connectivity index (χ3n) is 3.17. The highest BCUT2D eigenvalue weighted by molar-refractivity contribution is 8.18. The van der Waals surface area contributed by atoms with Crippen molar-refractivity contribution in [1.82, 2.24) is 5.32 Å². The van der Waals surface area contributed by atoms with Crippen molar-refractivity contribution in [1.29, 1.82) is 0 Å². The summed E-state index contributed by atoms with van der Waals surface area (Å²) >= 11 is 1.10. The fourth-order valence-corrected chi connectivity index (χ4v) is 2.89. The maximum atomic E-state index is 12.0. The number of benzene rings is 2. The van der Waals surface area contributed by atoms with Gasteiger partial charge in [0.25, 0.3) is 5.91 Å². The molecule has 1 aliphatic heterocycles. The zero-order chi connectivity index (χ0) is 17.1. The molecule has 0 bridgehead atoms. The standard InChI is InChI=1S/C16H11N3O4S/c20-14-10(5-4-8-12(14)19(22)23)9-13-15(21)18-16(24-13)17-11-6-2-1-3-7-11/h1-9,20H,(H,17,18,21)/b13-9+. The Labute approximate surface area is 140 Å². The molecule has 0 radical (unpaired) electrons. The van der Waals surface area contributed by atoms with Crippen molar-refractivity contribution in [2.24, 2.45) is 4.99 Å². The number of nitrogens with zero attached hydrogens (tertiary/aromatic N) is 2. The lowest BCUT2D eigenvalue weighted by molar-refractivity contribution is -0.385. The normalized spacial score (nSPS) is 17.2. The number of thioether (sulfide) groups is 1. The van der Waals surface area contributed by atoms with Gasteiger partial charge in [0.2, 0.25) is 5.75 Å². The van der Waals surface area contributed by atoms with E-state index in [1.807, 2.05) is 18.2 Å². The molecule has 1 saturated heterocycles. The zero-order valence-electron chi connectivity index (χ0n) is 12.2. The predicted octanol–water partition coefficient (Wildman–Crippen LogP) is 3.19. The van der Waals surface area contributed by atoms with Crippen molar-refractivity contribution < 1.29 is 14.8 Å². The van der Waals surface area contributed by atoms with Crippen LogP contribution in [0.15, 0.2) is 58.4 Å². The monoisotopic (exact) mass is 341 g/mol. The second-order valence-corrected chi connectivity index (χ2v) is 5.82. The number of nitrogens with one attached hydrogen (secondary N) is 1. The smallest absolute Gasteiger partial charge is 0.311 e. The molecule has 1 aliphatic rings. The van der Waals surface area contributed by atoms with Crippen LogP contribution in [0.4, 0.5) is 11.4 Å². The number of phenols is 1. The van der Waals surface area contributed by atoms with Gasteiger partial charge in [-0.3, -0.25) is 14.9 Å². The van der Waals surface area contributed by atoms with E-state index >= 15 is 0 Å². The Balaban J connectivity index is 1.90. The van der Waals surface area contributed by atoms with Crippen molar-refractivity contribution in [3.8, 4) is 5.75 Å². The van der Waals surface area contributed by atoms with Gasteiger partial charge in [-0.1, -0.05) is 30.3 Å². The molecule has 0 unspecified atom stereocenters. The van der Waals surface area contributed by atoms with Crippen LogP contribution in [-0.2, 0) is 4.79 Å². The molecule has 0 aromatic heterocycles. The molecular weight excluding hydrogens is 330 g/mol. The van der Waals surface area contributed by atoms with Gasteiger partial charge in [0.15, 0.2) is 5.17 Å². The number of nitro benzene ring substituents is 1. The molecule has 1 heterocycles. The predicted molar refractivity (Wildman–Crippen MR) is 92.0 cm³/mol. The van der Waals surface area contributed by atoms with Crippen LogP contribution in [0.5, 0.6) is 5.75 Å². The lowest BCUT2D eigenvalue weighted by Gasteiger charge is -2.00. The average molecular weight is 341 g/mol. The molecule has 7 nitrogen and oxygen atoms in total. The first-order chi connectivity index (χ1) is 11.5. The Morgan fingerprint density at radius 1 is 1.17 bits per heavy atom. The van der Waals surface area contributed by atoms with Crippen LogP contribution in [0.25, 0.3) is 6.08 Å². The average Bonchev–Trinajstić information content (AvgIpc) is 2.89. The zero-order valence-corrected chi connectivity index (χ0v) is 13.0. The van der Waals surface area contributed by atoms with Gasteiger partial charge in [0, 0.05) is 11.6 Å². The van der Waals surface area contributed by atoms with Crippen molar-refractivity contribution in [2.75, 3.05) is 0 Å². The minimum absolute atomic E-state index is 0.197. The fourth-order valence-electron chi connectivity index (χ4n) is 2.05.